The largest absolute Gasteiger partial charge is 0.493 e. The van der Waals surface area contributed by atoms with Crippen LogP contribution in [0.15, 0.2) is 24.3 Å². The number of benzene rings is 1. The molecule has 0 heterocycles. The lowest BCUT2D eigenvalue weighted by Gasteiger charge is -2.11. The molecule has 0 saturated carbocycles. The van der Waals surface area contributed by atoms with Crippen LogP contribution >= 0.6 is 0 Å². The van der Waals surface area contributed by atoms with Gasteiger partial charge in [-0.1, -0.05) is 25.5 Å². The lowest BCUT2D eigenvalue weighted by molar-refractivity contribution is -0.122. The van der Waals surface area contributed by atoms with Gasteiger partial charge in [0.05, 0.1) is 19.1 Å². The Morgan fingerprint density at radius 3 is 2.95 bits per heavy atom. The fourth-order valence-corrected chi connectivity index (χ4v) is 1.72. The first kappa shape index (κ1) is 15.5. The van der Waals surface area contributed by atoms with Crippen molar-refractivity contribution in [3.8, 4) is 5.75 Å². The minimum Gasteiger partial charge on any atom is -0.493 e. The van der Waals surface area contributed by atoms with Crippen LogP contribution in [0.25, 0.3) is 0 Å². The number of amides is 1. The zero-order valence-corrected chi connectivity index (χ0v) is 11.7. The Kier molecular flexibility index (Phi) is 6.97. The maximum Gasteiger partial charge on any atom is 0.223 e. The van der Waals surface area contributed by atoms with Gasteiger partial charge in [0.2, 0.25) is 5.91 Å². The van der Waals surface area contributed by atoms with Gasteiger partial charge in [-0.25, -0.2) is 0 Å². The molecule has 0 fully saturated rings. The molecule has 1 atom stereocenters. The number of ether oxygens (including phenoxy) is 1. The van der Waals surface area contributed by atoms with Gasteiger partial charge in [0.1, 0.15) is 5.75 Å². The lowest BCUT2D eigenvalue weighted by atomic mass is 10.2. The number of hydrogen-bond donors (Lipinski definition) is 2. The van der Waals surface area contributed by atoms with Crippen molar-refractivity contribution < 1.29 is 14.6 Å². The van der Waals surface area contributed by atoms with E-state index in [0.717, 1.165) is 17.7 Å². The number of hydrogen-bond acceptors (Lipinski definition) is 3. The smallest absolute Gasteiger partial charge is 0.223 e. The molecule has 0 aliphatic heterocycles. The van der Waals surface area contributed by atoms with E-state index in [2.05, 4.69) is 5.32 Å². The summed E-state index contributed by atoms with van der Waals surface area (Å²) in [6, 6.07) is 7.72. The van der Waals surface area contributed by atoms with Gasteiger partial charge in [0.25, 0.3) is 0 Å². The quantitative estimate of drug-likeness (QED) is 0.756. The topological polar surface area (TPSA) is 58.6 Å². The molecule has 1 aromatic rings. The summed E-state index contributed by atoms with van der Waals surface area (Å²) in [6.45, 7) is 4.66. The molecule has 0 aliphatic rings. The summed E-state index contributed by atoms with van der Waals surface area (Å²) < 4.78 is 5.49. The predicted molar refractivity (Wildman–Crippen MR) is 75.2 cm³/mol. The first-order valence-corrected chi connectivity index (χ1v) is 6.76. The van der Waals surface area contributed by atoms with Gasteiger partial charge in [-0.05, 0) is 31.0 Å². The molecule has 0 aromatic heterocycles. The van der Waals surface area contributed by atoms with Crippen molar-refractivity contribution in [2.24, 2.45) is 0 Å². The maximum absolute atomic E-state index is 11.5. The van der Waals surface area contributed by atoms with Gasteiger partial charge in [-0.2, -0.15) is 0 Å². The van der Waals surface area contributed by atoms with E-state index >= 15 is 0 Å². The van der Waals surface area contributed by atoms with Crippen molar-refractivity contribution in [2.45, 2.75) is 39.2 Å². The van der Waals surface area contributed by atoms with Crippen LogP contribution in [0.5, 0.6) is 5.75 Å². The second-order valence-electron chi connectivity index (χ2n) is 4.66. The minimum absolute atomic E-state index is 0.0946. The number of rotatable bonds is 8. The van der Waals surface area contributed by atoms with Gasteiger partial charge in [-0.15, -0.1) is 0 Å². The van der Waals surface area contributed by atoms with E-state index in [9.17, 15) is 9.90 Å². The van der Waals surface area contributed by atoms with Crippen LogP contribution in [-0.2, 0) is 4.79 Å². The summed E-state index contributed by atoms with van der Waals surface area (Å²) in [7, 11) is 0. The number of nitrogens with one attached hydrogen (secondary N) is 1. The molecular weight excluding hydrogens is 242 g/mol. The van der Waals surface area contributed by atoms with Crippen molar-refractivity contribution in [1.82, 2.24) is 5.32 Å². The van der Waals surface area contributed by atoms with Crippen LogP contribution < -0.4 is 10.1 Å². The van der Waals surface area contributed by atoms with Gasteiger partial charge < -0.3 is 15.2 Å². The molecule has 0 bridgehead atoms. The number of aryl methyl sites for hydroxylation is 1. The van der Waals surface area contributed by atoms with E-state index in [1.807, 2.05) is 38.1 Å². The molecule has 0 aliphatic carbocycles. The molecule has 4 nitrogen and oxygen atoms in total. The van der Waals surface area contributed by atoms with E-state index in [4.69, 9.17) is 4.74 Å². The van der Waals surface area contributed by atoms with E-state index in [1.165, 1.54) is 0 Å². The van der Waals surface area contributed by atoms with E-state index in [-0.39, 0.29) is 5.91 Å². The third kappa shape index (κ3) is 6.82. The summed E-state index contributed by atoms with van der Waals surface area (Å²) in [5.41, 5.74) is 1.13. The molecule has 106 valence electrons. The highest BCUT2D eigenvalue weighted by Gasteiger charge is 2.06. The van der Waals surface area contributed by atoms with Crippen molar-refractivity contribution in [3.63, 3.8) is 0 Å². The second kappa shape index (κ2) is 8.53. The minimum atomic E-state index is -0.452. The fraction of sp³-hybridized carbons (Fsp3) is 0.533. The molecule has 0 radical (unpaired) electrons. The third-order valence-electron chi connectivity index (χ3n) is 2.74. The van der Waals surface area contributed by atoms with Crippen LogP contribution in [0.4, 0.5) is 0 Å². The number of carbonyl (C=O) groups excluding carboxylic acids is 1. The molecule has 0 spiro atoms. The Bertz CT molecular complexity index is 393. The Morgan fingerprint density at radius 2 is 2.26 bits per heavy atom. The molecule has 19 heavy (non-hydrogen) atoms. The summed E-state index contributed by atoms with van der Waals surface area (Å²) in [4.78, 5) is 11.5. The number of aliphatic hydroxyl groups is 1. The lowest BCUT2D eigenvalue weighted by Crippen LogP contribution is -2.32. The van der Waals surface area contributed by atoms with Crippen LogP contribution in [0, 0.1) is 6.92 Å². The SMILES string of the molecule is CCCC(O)CNC(=O)CCOc1cccc(C)c1. The third-order valence-corrected chi connectivity index (χ3v) is 2.74. The summed E-state index contributed by atoms with van der Waals surface area (Å²) in [5, 5.41) is 12.2. The monoisotopic (exact) mass is 265 g/mol. The summed E-state index contributed by atoms with van der Waals surface area (Å²) in [5.74, 6) is 0.682. The van der Waals surface area contributed by atoms with Crippen LogP contribution in [0.2, 0.25) is 0 Å². The zero-order chi connectivity index (χ0) is 14.1. The zero-order valence-electron chi connectivity index (χ0n) is 11.7. The van der Waals surface area contributed by atoms with E-state index in [0.29, 0.717) is 26.0 Å². The molecule has 2 N–H and O–H groups in total. The highest BCUT2D eigenvalue weighted by Crippen LogP contribution is 2.12. The molecular formula is C15H23NO3. The van der Waals surface area contributed by atoms with Crippen LogP contribution in [0.3, 0.4) is 0 Å². The van der Waals surface area contributed by atoms with E-state index in [1.54, 1.807) is 0 Å². The van der Waals surface area contributed by atoms with Gasteiger partial charge in [0.15, 0.2) is 0 Å². The van der Waals surface area contributed by atoms with Gasteiger partial charge >= 0.3 is 0 Å². The van der Waals surface area contributed by atoms with Crippen LogP contribution in [-0.4, -0.2) is 30.3 Å². The molecule has 0 saturated heterocycles. The molecule has 1 aromatic carbocycles. The highest BCUT2D eigenvalue weighted by atomic mass is 16.5. The van der Waals surface area contributed by atoms with Crippen molar-refractivity contribution >= 4 is 5.91 Å². The predicted octanol–water partition coefficient (Wildman–Crippen LogP) is 2.04. The average molecular weight is 265 g/mol. The Balaban J connectivity index is 2.17. The molecule has 4 heteroatoms. The molecule has 1 amide bonds. The highest BCUT2D eigenvalue weighted by molar-refractivity contribution is 5.76. The number of aliphatic hydroxyl groups excluding tert-OH is 1. The Morgan fingerprint density at radius 1 is 1.47 bits per heavy atom. The van der Waals surface area contributed by atoms with Gasteiger partial charge in [0, 0.05) is 6.54 Å². The van der Waals surface area contributed by atoms with E-state index < -0.39 is 6.10 Å². The average Bonchev–Trinajstić information content (AvgIpc) is 2.37. The first-order chi connectivity index (χ1) is 9.11. The van der Waals surface area contributed by atoms with Crippen molar-refractivity contribution in [3.05, 3.63) is 29.8 Å². The molecule has 1 unspecified atom stereocenters. The standard InChI is InChI=1S/C15H23NO3/c1-3-5-13(17)11-16-15(18)8-9-19-14-7-4-6-12(2)10-14/h4,6-7,10,13,17H,3,5,8-9,11H2,1-2H3,(H,16,18). The number of carbonyl (C=O) groups is 1. The second-order valence-corrected chi connectivity index (χ2v) is 4.66. The summed E-state index contributed by atoms with van der Waals surface area (Å²) >= 11 is 0. The first-order valence-electron chi connectivity index (χ1n) is 6.76. The fourth-order valence-electron chi connectivity index (χ4n) is 1.72. The van der Waals surface area contributed by atoms with Crippen LogP contribution in [0.1, 0.15) is 31.7 Å². The molecule has 1 rings (SSSR count). The normalized spacial score (nSPS) is 11.9. The Labute approximate surface area is 114 Å². The maximum atomic E-state index is 11.5. The summed E-state index contributed by atoms with van der Waals surface area (Å²) in [6.07, 6.45) is 1.46. The van der Waals surface area contributed by atoms with Crippen molar-refractivity contribution in [2.75, 3.05) is 13.2 Å². The van der Waals surface area contributed by atoms with Crippen molar-refractivity contribution in [1.29, 1.82) is 0 Å². The van der Waals surface area contributed by atoms with Gasteiger partial charge in [-0.3, -0.25) is 4.79 Å². The Hall–Kier alpha value is -1.55.